The van der Waals surface area contributed by atoms with Gasteiger partial charge in [0, 0.05) is 24.8 Å². The van der Waals surface area contributed by atoms with Crippen LogP contribution in [0.4, 0.5) is 10.8 Å². The van der Waals surface area contributed by atoms with Gasteiger partial charge in [0.1, 0.15) is 0 Å². The Morgan fingerprint density at radius 1 is 1.24 bits per heavy atom. The first-order chi connectivity index (χ1) is 13.7. The number of amides is 1. The van der Waals surface area contributed by atoms with Crippen molar-refractivity contribution in [3.05, 3.63) is 23.8 Å². The van der Waals surface area contributed by atoms with Crippen LogP contribution in [-0.4, -0.2) is 53.7 Å². The number of aromatic nitrogens is 2. The van der Waals surface area contributed by atoms with Crippen molar-refractivity contribution in [1.82, 2.24) is 14.5 Å². The monoisotopic (exact) mass is 457 g/mol. The zero-order chi connectivity index (χ0) is 21.6. The summed E-state index contributed by atoms with van der Waals surface area (Å²) in [5.74, 6) is -0.0823. The fourth-order valence-electron chi connectivity index (χ4n) is 2.56. The van der Waals surface area contributed by atoms with Gasteiger partial charge in [0.25, 0.3) is 0 Å². The number of anilines is 2. The minimum Gasteiger partial charge on any atom is -0.358 e. The number of sulfonamides is 1. The molecule has 2 rings (SSSR count). The Morgan fingerprint density at radius 3 is 2.55 bits per heavy atom. The predicted octanol–water partition coefficient (Wildman–Crippen LogP) is 3.43. The Balaban J connectivity index is 2.04. The number of hydrogen-bond donors (Lipinski definition) is 2. The normalized spacial score (nSPS) is 11.8. The summed E-state index contributed by atoms with van der Waals surface area (Å²) in [4.78, 5) is 12.5. The average molecular weight is 458 g/mol. The lowest BCUT2D eigenvalue weighted by Crippen LogP contribution is -2.31. The summed E-state index contributed by atoms with van der Waals surface area (Å²) in [7, 11) is -3.60. The van der Waals surface area contributed by atoms with E-state index in [1.165, 1.54) is 33.5 Å². The van der Waals surface area contributed by atoms with Gasteiger partial charge in [0.05, 0.1) is 10.6 Å². The van der Waals surface area contributed by atoms with E-state index in [-0.39, 0.29) is 22.6 Å². The molecule has 8 nitrogen and oxygen atoms in total. The minimum atomic E-state index is -3.60. The van der Waals surface area contributed by atoms with Crippen LogP contribution in [0, 0.1) is 6.92 Å². The third-order valence-corrected chi connectivity index (χ3v) is 8.12. The molecule has 0 aliphatic heterocycles. The first-order valence-corrected chi connectivity index (χ1v) is 12.5. The highest BCUT2D eigenvalue weighted by molar-refractivity contribution is 8.01. The Hall–Kier alpha value is -1.69. The number of rotatable bonds is 10. The molecule has 0 unspecified atom stereocenters. The smallest absolute Gasteiger partial charge is 0.243 e. The number of carbonyl (C=O) groups excluding carboxylic acids is 1. The molecular weight excluding hydrogens is 430 g/mol. The molecule has 0 radical (unpaired) electrons. The van der Waals surface area contributed by atoms with Crippen molar-refractivity contribution in [3.63, 3.8) is 0 Å². The molecule has 2 N–H and O–H groups in total. The molecular formula is C18H27N5O3S3. The second kappa shape index (κ2) is 10.4. The van der Waals surface area contributed by atoms with Crippen LogP contribution < -0.4 is 10.6 Å². The quantitative estimate of drug-likeness (QED) is 0.527. The molecule has 0 bridgehead atoms. The Kier molecular flexibility index (Phi) is 8.44. The summed E-state index contributed by atoms with van der Waals surface area (Å²) in [6.07, 6.45) is 0. The van der Waals surface area contributed by atoms with Gasteiger partial charge in [-0.2, -0.15) is 4.31 Å². The van der Waals surface area contributed by atoms with Gasteiger partial charge in [-0.25, -0.2) is 8.42 Å². The molecule has 0 fully saturated rings. The van der Waals surface area contributed by atoms with E-state index in [2.05, 4.69) is 20.8 Å². The molecule has 1 amide bonds. The van der Waals surface area contributed by atoms with Crippen molar-refractivity contribution >= 4 is 49.8 Å². The second-order valence-electron chi connectivity index (χ2n) is 6.58. The van der Waals surface area contributed by atoms with Gasteiger partial charge in [-0.3, -0.25) is 4.79 Å². The van der Waals surface area contributed by atoms with Gasteiger partial charge in [0.2, 0.25) is 21.1 Å². The van der Waals surface area contributed by atoms with Crippen molar-refractivity contribution in [2.45, 2.75) is 49.9 Å². The maximum absolute atomic E-state index is 12.8. The maximum atomic E-state index is 12.8. The van der Waals surface area contributed by atoms with Gasteiger partial charge in [-0.15, -0.1) is 10.2 Å². The zero-order valence-corrected chi connectivity index (χ0v) is 19.7. The molecule has 1 heterocycles. The van der Waals surface area contributed by atoms with E-state index in [0.29, 0.717) is 33.8 Å². The van der Waals surface area contributed by atoms with E-state index >= 15 is 0 Å². The lowest BCUT2D eigenvalue weighted by atomic mass is 10.2. The predicted molar refractivity (Wildman–Crippen MR) is 119 cm³/mol. The standard InChI is InChI=1S/C18H27N5O3S3/c1-6-23(7-2)29(25,26)15-10-14(9-8-13(15)5)20-16(24)11-27-18-22-21-17(28-18)19-12(3)4/h8-10,12H,6-7,11H2,1-5H3,(H,19,21)(H,20,24). The molecule has 0 atom stereocenters. The van der Waals surface area contributed by atoms with E-state index in [0.717, 1.165) is 0 Å². The molecule has 0 saturated heterocycles. The topological polar surface area (TPSA) is 104 Å². The van der Waals surface area contributed by atoms with Gasteiger partial charge >= 0.3 is 0 Å². The summed E-state index contributed by atoms with van der Waals surface area (Å²) >= 11 is 2.68. The molecule has 11 heteroatoms. The van der Waals surface area contributed by atoms with Crippen molar-refractivity contribution in [2.24, 2.45) is 0 Å². The van der Waals surface area contributed by atoms with E-state index < -0.39 is 10.0 Å². The third-order valence-electron chi connectivity index (χ3n) is 3.94. The van der Waals surface area contributed by atoms with Gasteiger partial charge in [-0.1, -0.05) is 43.0 Å². The Morgan fingerprint density at radius 2 is 1.93 bits per heavy atom. The molecule has 0 aliphatic rings. The number of nitrogens with zero attached hydrogens (tertiary/aromatic N) is 3. The van der Waals surface area contributed by atoms with Crippen molar-refractivity contribution in [3.8, 4) is 0 Å². The zero-order valence-electron chi connectivity index (χ0n) is 17.2. The second-order valence-corrected chi connectivity index (χ2v) is 10.7. The lowest BCUT2D eigenvalue weighted by molar-refractivity contribution is -0.113. The van der Waals surface area contributed by atoms with Crippen LogP contribution in [0.3, 0.4) is 0 Å². The Labute approximate surface area is 180 Å². The highest BCUT2D eigenvalue weighted by atomic mass is 32.2. The number of thioether (sulfide) groups is 1. The van der Waals surface area contributed by atoms with Crippen LogP contribution in [0.5, 0.6) is 0 Å². The lowest BCUT2D eigenvalue weighted by Gasteiger charge is -2.20. The Bertz CT molecular complexity index is 940. The molecule has 160 valence electrons. The molecule has 0 spiro atoms. The van der Waals surface area contributed by atoms with Crippen LogP contribution in [0.15, 0.2) is 27.4 Å². The van der Waals surface area contributed by atoms with Crippen LogP contribution in [0.1, 0.15) is 33.3 Å². The number of hydrogen-bond acceptors (Lipinski definition) is 8. The first-order valence-electron chi connectivity index (χ1n) is 9.30. The van der Waals surface area contributed by atoms with Crippen molar-refractivity contribution in [2.75, 3.05) is 29.5 Å². The fraction of sp³-hybridized carbons (Fsp3) is 0.500. The van der Waals surface area contributed by atoms with Gasteiger partial charge in [-0.05, 0) is 38.5 Å². The summed E-state index contributed by atoms with van der Waals surface area (Å²) in [5.41, 5.74) is 1.09. The molecule has 29 heavy (non-hydrogen) atoms. The first kappa shape index (κ1) is 23.6. The van der Waals surface area contributed by atoms with Crippen molar-refractivity contribution in [1.29, 1.82) is 0 Å². The minimum absolute atomic E-state index is 0.155. The summed E-state index contributed by atoms with van der Waals surface area (Å²) in [5, 5.41) is 14.7. The van der Waals surface area contributed by atoms with Crippen LogP contribution >= 0.6 is 23.1 Å². The number of aryl methyl sites for hydroxylation is 1. The molecule has 1 aromatic heterocycles. The molecule has 0 aliphatic carbocycles. The van der Waals surface area contributed by atoms with Crippen molar-refractivity contribution < 1.29 is 13.2 Å². The highest BCUT2D eigenvalue weighted by Crippen LogP contribution is 2.27. The van der Waals surface area contributed by atoms with Crippen LogP contribution in [0.25, 0.3) is 0 Å². The van der Waals surface area contributed by atoms with E-state index in [9.17, 15) is 13.2 Å². The molecule has 2 aromatic rings. The fourth-order valence-corrected chi connectivity index (χ4v) is 5.96. The molecule has 0 saturated carbocycles. The SMILES string of the molecule is CCN(CC)S(=O)(=O)c1cc(NC(=O)CSc2nnc(NC(C)C)s2)ccc1C. The summed E-state index contributed by atoms with van der Waals surface area (Å²) in [6.45, 7) is 10.2. The third kappa shape index (κ3) is 6.39. The molecule has 1 aromatic carbocycles. The summed E-state index contributed by atoms with van der Waals surface area (Å²) < 4.78 is 27.8. The van der Waals surface area contributed by atoms with Crippen LogP contribution in [0.2, 0.25) is 0 Å². The average Bonchev–Trinajstić information content (AvgIpc) is 3.09. The van der Waals surface area contributed by atoms with E-state index in [1.54, 1.807) is 32.9 Å². The van der Waals surface area contributed by atoms with Gasteiger partial charge in [0.15, 0.2) is 4.34 Å². The number of carbonyl (C=O) groups is 1. The van der Waals surface area contributed by atoms with E-state index in [1.807, 2.05) is 13.8 Å². The number of benzene rings is 1. The van der Waals surface area contributed by atoms with Crippen LogP contribution in [-0.2, 0) is 14.8 Å². The number of nitrogens with one attached hydrogen (secondary N) is 2. The highest BCUT2D eigenvalue weighted by Gasteiger charge is 2.24. The largest absolute Gasteiger partial charge is 0.358 e. The summed E-state index contributed by atoms with van der Waals surface area (Å²) in [6, 6.07) is 5.18. The maximum Gasteiger partial charge on any atom is 0.243 e. The van der Waals surface area contributed by atoms with E-state index in [4.69, 9.17) is 0 Å². The van der Waals surface area contributed by atoms with Gasteiger partial charge < -0.3 is 10.6 Å².